The third-order valence-electron chi connectivity index (χ3n) is 3.69. The van der Waals surface area contributed by atoms with Gasteiger partial charge in [0.1, 0.15) is 0 Å². The third kappa shape index (κ3) is 6.65. The van der Waals surface area contributed by atoms with Crippen molar-refractivity contribution in [2.75, 3.05) is 0 Å². The Morgan fingerprint density at radius 1 is 1.11 bits per heavy atom. The fraction of sp³-hybridized carbons (Fsp3) is 0.625. The maximum Gasteiger partial charge on any atom is 0.0617 e. The summed E-state index contributed by atoms with van der Waals surface area (Å²) in [6, 6.07) is 5.70. The Morgan fingerprint density at radius 3 is 2.42 bits per heavy atom. The summed E-state index contributed by atoms with van der Waals surface area (Å²) in [7, 11) is 0. The maximum absolute atomic E-state index is 9.89. The number of unbranched alkanes of at least 4 members (excludes halogenated alkanes) is 3. The molecule has 19 heavy (non-hydrogen) atoms. The van der Waals surface area contributed by atoms with Gasteiger partial charge in [-0.3, -0.25) is 0 Å². The van der Waals surface area contributed by atoms with E-state index < -0.39 is 5.60 Å². The zero-order valence-electron chi connectivity index (χ0n) is 11.9. The molecule has 0 radical (unpaired) electrons. The van der Waals surface area contributed by atoms with E-state index >= 15 is 0 Å². The van der Waals surface area contributed by atoms with Gasteiger partial charge in [0.2, 0.25) is 0 Å². The van der Waals surface area contributed by atoms with Crippen molar-refractivity contribution in [2.24, 2.45) is 0 Å². The van der Waals surface area contributed by atoms with Gasteiger partial charge in [-0.05, 0) is 50.3 Å². The molecule has 0 heterocycles. The summed E-state index contributed by atoms with van der Waals surface area (Å²) in [6.45, 7) is 3.95. The quantitative estimate of drug-likeness (QED) is 0.615. The number of hydrogen-bond acceptors (Lipinski definition) is 1. The molecular formula is C16H24Cl2O. The molecule has 0 aliphatic heterocycles. The van der Waals surface area contributed by atoms with E-state index in [0.717, 1.165) is 37.1 Å². The lowest BCUT2D eigenvalue weighted by Gasteiger charge is -2.20. The van der Waals surface area contributed by atoms with Gasteiger partial charge in [-0.1, -0.05) is 55.5 Å². The first-order chi connectivity index (χ1) is 8.94. The predicted molar refractivity (Wildman–Crippen MR) is 84.2 cm³/mol. The molecule has 1 N–H and O–H groups in total. The van der Waals surface area contributed by atoms with Crippen molar-refractivity contribution >= 4 is 23.2 Å². The monoisotopic (exact) mass is 302 g/mol. The zero-order valence-corrected chi connectivity index (χ0v) is 13.4. The third-order valence-corrected chi connectivity index (χ3v) is 4.28. The van der Waals surface area contributed by atoms with Crippen LogP contribution in [0.1, 0.15) is 57.9 Å². The molecule has 0 amide bonds. The van der Waals surface area contributed by atoms with Crippen molar-refractivity contribution in [2.45, 2.75) is 64.4 Å². The summed E-state index contributed by atoms with van der Waals surface area (Å²) in [4.78, 5) is 0. The van der Waals surface area contributed by atoms with Gasteiger partial charge < -0.3 is 5.11 Å². The first-order valence-corrected chi connectivity index (χ1v) is 7.86. The molecule has 3 heteroatoms. The van der Waals surface area contributed by atoms with Crippen LogP contribution in [-0.4, -0.2) is 10.7 Å². The van der Waals surface area contributed by atoms with E-state index in [4.69, 9.17) is 23.2 Å². The Labute approximate surface area is 126 Å². The molecule has 1 aromatic carbocycles. The normalized spacial score (nSPS) is 14.4. The van der Waals surface area contributed by atoms with Crippen LogP contribution in [0, 0.1) is 0 Å². The summed E-state index contributed by atoms with van der Waals surface area (Å²) in [5.41, 5.74) is 0.686. The molecule has 0 spiro atoms. The van der Waals surface area contributed by atoms with Crippen molar-refractivity contribution in [3.8, 4) is 0 Å². The SMILES string of the molecule is CCC(C)(O)CCCCCCc1ccc(Cl)cc1Cl. The molecule has 1 rings (SSSR count). The van der Waals surface area contributed by atoms with Gasteiger partial charge >= 0.3 is 0 Å². The smallest absolute Gasteiger partial charge is 0.0617 e. The number of aliphatic hydroxyl groups is 1. The lowest BCUT2D eigenvalue weighted by Crippen LogP contribution is -2.22. The number of hydrogen-bond donors (Lipinski definition) is 1. The second kappa shape index (κ2) is 8.14. The van der Waals surface area contributed by atoms with Gasteiger partial charge in [0.15, 0.2) is 0 Å². The van der Waals surface area contributed by atoms with Gasteiger partial charge in [-0.2, -0.15) is 0 Å². The lowest BCUT2D eigenvalue weighted by atomic mass is 9.95. The number of aryl methyl sites for hydroxylation is 1. The Kier molecular flexibility index (Phi) is 7.20. The summed E-state index contributed by atoms with van der Waals surface area (Å²) >= 11 is 12.0. The minimum absolute atomic E-state index is 0.487. The summed E-state index contributed by atoms with van der Waals surface area (Å²) in [5.74, 6) is 0. The summed E-state index contributed by atoms with van der Waals surface area (Å²) in [5, 5.41) is 11.3. The van der Waals surface area contributed by atoms with Crippen LogP contribution in [-0.2, 0) is 6.42 Å². The number of halogens is 2. The molecule has 0 aromatic heterocycles. The highest BCUT2D eigenvalue weighted by atomic mass is 35.5. The highest BCUT2D eigenvalue weighted by Crippen LogP contribution is 2.23. The zero-order chi connectivity index (χ0) is 14.3. The molecule has 1 unspecified atom stereocenters. The molecule has 108 valence electrons. The van der Waals surface area contributed by atoms with Crippen LogP contribution in [0.15, 0.2) is 18.2 Å². The van der Waals surface area contributed by atoms with Crippen molar-refractivity contribution in [1.29, 1.82) is 0 Å². The molecule has 0 fully saturated rings. The van der Waals surface area contributed by atoms with Gasteiger partial charge in [0, 0.05) is 10.0 Å². The maximum atomic E-state index is 9.89. The fourth-order valence-electron chi connectivity index (χ4n) is 2.08. The predicted octanol–water partition coefficient (Wildman–Crippen LogP) is 5.65. The van der Waals surface area contributed by atoms with E-state index in [1.165, 1.54) is 18.4 Å². The van der Waals surface area contributed by atoms with Crippen LogP contribution >= 0.6 is 23.2 Å². The number of rotatable bonds is 8. The summed E-state index contributed by atoms with van der Waals surface area (Å²) < 4.78 is 0. The van der Waals surface area contributed by atoms with Crippen LogP contribution in [0.5, 0.6) is 0 Å². The fourth-order valence-corrected chi connectivity index (χ4v) is 2.58. The molecule has 0 saturated carbocycles. The Hall–Kier alpha value is -0.240. The Balaban J connectivity index is 2.17. The van der Waals surface area contributed by atoms with E-state index in [9.17, 15) is 5.11 Å². The van der Waals surface area contributed by atoms with E-state index in [2.05, 4.69) is 0 Å². The largest absolute Gasteiger partial charge is 0.390 e. The van der Waals surface area contributed by atoms with E-state index in [1.54, 1.807) is 6.07 Å². The van der Waals surface area contributed by atoms with E-state index in [0.29, 0.717) is 5.02 Å². The van der Waals surface area contributed by atoms with E-state index in [1.807, 2.05) is 26.0 Å². The molecule has 0 aliphatic carbocycles. The Morgan fingerprint density at radius 2 is 1.79 bits per heavy atom. The van der Waals surface area contributed by atoms with Crippen molar-refractivity contribution in [1.82, 2.24) is 0 Å². The minimum atomic E-state index is -0.487. The molecule has 0 bridgehead atoms. The van der Waals surface area contributed by atoms with Crippen molar-refractivity contribution < 1.29 is 5.11 Å². The van der Waals surface area contributed by atoms with Crippen molar-refractivity contribution in [3.63, 3.8) is 0 Å². The molecule has 0 aliphatic rings. The molecule has 1 aromatic rings. The van der Waals surface area contributed by atoms with Crippen LogP contribution in [0.25, 0.3) is 0 Å². The minimum Gasteiger partial charge on any atom is -0.390 e. The first-order valence-electron chi connectivity index (χ1n) is 7.11. The van der Waals surface area contributed by atoms with Crippen LogP contribution in [0.2, 0.25) is 10.0 Å². The second-order valence-electron chi connectivity index (χ2n) is 5.50. The van der Waals surface area contributed by atoms with Gasteiger partial charge in [0.25, 0.3) is 0 Å². The summed E-state index contributed by atoms with van der Waals surface area (Å²) in [6.07, 6.45) is 7.30. The molecular weight excluding hydrogens is 279 g/mol. The lowest BCUT2D eigenvalue weighted by molar-refractivity contribution is 0.0442. The average Bonchev–Trinajstić information content (AvgIpc) is 2.35. The number of benzene rings is 1. The first kappa shape index (κ1) is 16.8. The average molecular weight is 303 g/mol. The standard InChI is InChI=1S/C16H24Cl2O/c1-3-16(2,19)11-7-5-4-6-8-13-9-10-14(17)12-15(13)18/h9-10,12,19H,3-8,11H2,1-2H3. The topological polar surface area (TPSA) is 20.2 Å². The van der Waals surface area contributed by atoms with Crippen molar-refractivity contribution in [3.05, 3.63) is 33.8 Å². The van der Waals surface area contributed by atoms with Crippen LogP contribution in [0.4, 0.5) is 0 Å². The van der Waals surface area contributed by atoms with Crippen LogP contribution in [0.3, 0.4) is 0 Å². The van der Waals surface area contributed by atoms with Gasteiger partial charge in [-0.15, -0.1) is 0 Å². The van der Waals surface area contributed by atoms with Crippen LogP contribution < -0.4 is 0 Å². The van der Waals surface area contributed by atoms with E-state index in [-0.39, 0.29) is 0 Å². The molecule has 1 nitrogen and oxygen atoms in total. The van der Waals surface area contributed by atoms with Gasteiger partial charge in [-0.25, -0.2) is 0 Å². The highest BCUT2D eigenvalue weighted by molar-refractivity contribution is 6.35. The molecule has 1 atom stereocenters. The Bertz CT molecular complexity index is 388. The van der Waals surface area contributed by atoms with Gasteiger partial charge in [0.05, 0.1) is 5.60 Å². The highest BCUT2D eigenvalue weighted by Gasteiger charge is 2.15. The molecule has 0 saturated heterocycles. The second-order valence-corrected chi connectivity index (χ2v) is 6.34.